The molecule has 0 aliphatic carbocycles. The predicted octanol–water partition coefficient (Wildman–Crippen LogP) is 5.55. The summed E-state index contributed by atoms with van der Waals surface area (Å²) >= 11 is 0. The Morgan fingerprint density at radius 3 is 2.33 bits per heavy atom. The molecule has 1 heteroatoms. The van der Waals surface area contributed by atoms with Crippen LogP contribution >= 0.6 is 0 Å². The molecule has 0 unspecified atom stereocenters. The summed E-state index contributed by atoms with van der Waals surface area (Å²) < 4.78 is 10.7. The summed E-state index contributed by atoms with van der Waals surface area (Å²) in [5.74, 6) is 0. The van der Waals surface area contributed by atoms with Crippen LogP contribution in [0, 0.1) is 20.8 Å². The molecule has 124 valence electrons. The van der Waals surface area contributed by atoms with Gasteiger partial charge in [0.05, 0.1) is 12.3 Å². The molecule has 0 saturated heterocycles. The molecule has 2 aromatic carbocycles. The van der Waals surface area contributed by atoms with Crippen LogP contribution in [0.15, 0.2) is 42.4 Å². The normalized spacial score (nSPS) is 12.5. The molecule has 0 N–H and O–H groups in total. The zero-order valence-corrected chi connectivity index (χ0v) is 15.9. The van der Waals surface area contributed by atoms with E-state index in [4.69, 9.17) is 1.37 Å². The van der Waals surface area contributed by atoms with E-state index >= 15 is 0 Å². The molecular formula is C23H28N+. The highest BCUT2D eigenvalue weighted by Crippen LogP contribution is 2.34. The van der Waals surface area contributed by atoms with Gasteiger partial charge in [-0.15, -0.1) is 0 Å². The average molecular weight is 319 g/mol. The van der Waals surface area contributed by atoms with Crippen LogP contribution in [0.5, 0.6) is 0 Å². The maximum Gasteiger partial charge on any atom is 0.220 e. The van der Waals surface area contributed by atoms with Crippen molar-refractivity contribution in [2.24, 2.45) is 7.05 Å². The molecule has 3 aromatic rings. The van der Waals surface area contributed by atoms with Gasteiger partial charge in [0.1, 0.15) is 7.05 Å². The molecular weight excluding hydrogens is 290 g/mol. The molecule has 24 heavy (non-hydrogen) atoms. The molecule has 0 aliphatic heterocycles. The van der Waals surface area contributed by atoms with Crippen LogP contribution in [0.2, 0.25) is 0 Å². The first-order valence-electron chi connectivity index (χ1n) is 9.13. The Kier molecular flexibility index (Phi) is 3.68. The number of hydrogen-bond donors (Lipinski definition) is 0. The van der Waals surface area contributed by atoms with Crippen LogP contribution in [0.25, 0.3) is 22.0 Å². The quantitative estimate of drug-likeness (QED) is 0.517. The molecule has 1 heterocycles. The Morgan fingerprint density at radius 2 is 1.67 bits per heavy atom. The van der Waals surface area contributed by atoms with Gasteiger partial charge in [0.25, 0.3) is 0 Å². The van der Waals surface area contributed by atoms with Gasteiger partial charge in [0, 0.05) is 13.0 Å². The van der Waals surface area contributed by atoms with Gasteiger partial charge in [0.2, 0.25) is 5.69 Å². The van der Waals surface area contributed by atoms with Gasteiger partial charge in [-0.2, -0.15) is 4.57 Å². The lowest BCUT2D eigenvalue weighted by Crippen LogP contribution is -2.35. The average Bonchev–Trinajstić information content (AvgIpc) is 2.55. The molecule has 1 nitrogen and oxygen atoms in total. The zero-order chi connectivity index (χ0) is 18.5. The minimum atomic E-state index is 0.103. The second kappa shape index (κ2) is 5.73. The minimum Gasteiger partial charge on any atom is -0.198 e. The van der Waals surface area contributed by atoms with Crippen molar-refractivity contribution in [2.75, 3.05) is 0 Å². The van der Waals surface area contributed by atoms with Crippen LogP contribution < -0.4 is 4.57 Å². The fourth-order valence-corrected chi connectivity index (χ4v) is 3.29. The molecule has 0 spiro atoms. The zero-order valence-electron chi connectivity index (χ0n) is 16.9. The number of nitrogens with zero attached hydrogens (tertiary/aromatic N) is 1. The molecule has 0 amide bonds. The number of aryl methyl sites for hydroxylation is 1. The van der Waals surface area contributed by atoms with E-state index in [-0.39, 0.29) is 5.41 Å². The van der Waals surface area contributed by atoms with Gasteiger partial charge in [-0.05, 0) is 53.5 Å². The number of pyridine rings is 1. The van der Waals surface area contributed by atoms with Gasteiger partial charge < -0.3 is 0 Å². The van der Waals surface area contributed by atoms with E-state index in [0.717, 1.165) is 16.5 Å². The fourth-order valence-electron chi connectivity index (χ4n) is 3.29. The first kappa shape index (κ1) is 15.4. The van der Waals surface area contributed by atoms with E-state index in [1.54, 1.807) is 0 Å². The molecule has 0 radical (unpaired) electrons. The Labute approximate surface area is 147 Å². The summed E-state index contributed by atoms with van der Waals surface area (Å²) in [6.07, 6.45) is 0. The second-order valence-corrected chi connectivity index (χ2v) is 7.88. The number of aromatic nitrogens is 1. The highest BCUT2D eigenvalue weighted by Gasteiger charge is 2.23. The van der Waals surface area contributed by atoms with Crippen molar-refractivity contribution in [1.82, 2.24) is 0 Å². The smallest absolute Gasteiger partial charge is 0.198 e. The van der Waals surface area contributed by atoms with E-state index < -0.39 is 0 Å². The van der Waals surface area contributed by atoms with Crippen molar-refractivity contribution in [3.8, 4) is 11.3 Å². The Balaban J connectivity index is 2.48. The molecule has 0 saturated carbocycles. The van der Waals surface area contributed by atoms with Crippen LogP contribution in [0.4, 0.5) is 0 Å². The van der Waals surface area contributed by atoms with Gasteiger partial charge >= 0.3 is 0 Å². The first-order valence-corrected chi connectivity index (χ1v) is 8.63. The first-order chi connectivity index (χ1) is 11.6. The Hall–Kier alpha value is -2.15. The summed E-state index contributed by atoms with van der Waals surface area (Å²) in [6.45, 7) is 13.2. The molecule has 0 aliphatic rings. The molecule has 0 bridgehead atoms. The third kappa shape index (κ3) is 2.73. The van der Waals surface area contributed by atoms with E-state index in [1.165, 1.54) is 27.9 Å². The van der Waals surface area contributed by atoms with Gasteiger partial charge in [-0.3, -0.25) is 0 Å². The van der Waals surface area contributed by atoms with Crippen molar-refractivity contribution in [2.45, 2.75) is 47.0 Å². The largest absolute Gasteiger partial charge is 0.220 e. The summed E-state index contributed by atoms with van der Waals surface area (Å²) in [7, 11) is 2.08. The Morgan fingerprint density at radius 1 is 1.00 bits per heavy atom. The molecule has 3 rings (SSSR count). The van der Waals surface area contributed by atoms with E-state index in [0.29, 0.717) is 6.04 Å². The van der Waals surface area contributed by atoms with Crippen molar-refractivity contribution >= 4 is 10.8 Å². The number of benzene rings is 2. The standard InChI is InChI=1S/C23H28N/c1-15-12-19(23(4,5)6)14-21(17(15)3)22-20-11-9-8-10-18(20)13-16(2)24(22)7/h8-14H,1-7H3/q+1/i13D. The lowest BCUT2D eigenvalue weighted by molar-refractivity contribution is -0.665. The summed E-state index contributed by atoms with van der Waals surface area (Å²) in [5, 5.41) is 2.17. The third-order valence-electron chi connectivity index (χ3n) is 5.12. The van der Waals surface area contributed by atoms with Gasteiger partial charge in [-0.25, -0.2) is 0 Å². The van der Waals surface area contributed by atoms with Gasteiger partial charge in [-0.1, -0.05) is 45.0 Å². The summed E-state index contributed by atoms with van der Waals surface area (Å²) in [4.78, 5) is 0. The highest BCUT2D eigenvalue weighted by atomic mass is 14.9. The van der Waals surface area contributed by atoms with Crippen molar-refractivity contribution < 1.29 is 5.94 Å². The van der Waals surface area contributed by atoms with E-state index in [2.05, 4.69) is 76.6 Å². The van der Waals surface area contributed by atoms with E-state index in [9.17, 15) is 0 Å². The predicted molar refractivity (Wildman–Crippen MR) is 103 cm³/mol. The number of fused-ring (bicyclic) bond motifs is 1. The number of rotatable bonds is 1. The number of hydrogen-bond acceptors (Lipinski definition) is 0. The SMILES string of the molecule is [2H]c1c(C)[n+](C)c(-c2cc(C(C)(C)C)cc(C)c2C)c2ccccc12. The molecule has 1 aromatic heterocycles. The van der Waals surface area contributed by atoms with Crippen LogP contribution in [0.1, 0.15) is 44.5 Å². The third-order valence-corrected chi connectivity index (χ3v) is 5.12. The topological polar surface area (TPSA) is 3.88 Å². The van der Waals surface area contributed by atoms with Crippen molar-refractivity contribution in [3.63, 3.8) is 0 Å². The monoisotopic (exact) mass is 319 g/mol. The highest BCUT2D eigenvalue weighted by molar-refractivity contribution is 5.94. The molecule has 0 fully saturated rings. The maximum atomic E-state index is 8.50. The van der Waals surface area contributed by atoms with Gasteiger partial charge in [0.15, 0.2) is 5.69 Å². The lowest BCUT2D eigenvalue weighted by Gasteiger charge is -2.22. The Bertz CT molecular complexity index is 978. The fraction of sp³-hybridized carbons (Fsp3) is 0.348. The van der Waals surface area contributed by atoms with E-state index in [1.807, 2.05) is 13.0 Å². The van der Waals surface area contributed by atoms with Crippen LogP contribution in [-0.2, 0) is 12.5 Å². The van der Waals surface area contributed by atoms with Crippen molar-refractivity contribution in [3.05, 3.63) is 64.8 Å². The maximum absolute atomic E-state index is 8.50. The van der Waals surface area contributed by atoms with Crippen LogP contribution in [-0.4, -0.2) is 0 Å². The minimum absolute atomic E-state index is 0.103. The summed E-state index contributed by atoms with van der Waals surface area (Å²) in [6, 6.07) is 13.6. The van der Waals surface area contributed by atoms with Crippen LogP contribution in [0.3, 0.4) is 0 Å². The van der Waals surface area contributed by atoms with Crippen molar-refractivity contribution in [1.29, 1.82) is 0 Å². The molecule has 0 atom stereocenters. The summed E-state index contributed by atoms with van der Waals surface area (Å²) in [5.41, 5.74) is 7.55. The second-order valence-electron chi connectivity index (χ2n) is 7.88. The lowest BCUT2D eigenvalue weighted by atomic mass is 9.83.